The van der Waals surface area contributed by atoms with Crippen molar-refractivity contribution in [1.29, 1.82) is 0 Å². The molecule has 3 aromatic carbocycles. The molecular weight excluding hydrogens is 280 g/mol. The Morgan fingerprint density at radius 3 is 1.41 bits per heavy atom. The lowest BCUT2D eigenvalue weighted by molar-refractivity contribution is 0.0652. The zero-order valence-corrected chi connectivity index (χ0v) is 12.2. The summed E-state index contributed by atoms with van der Waals surface area (Å²) in [5.74, 6) is -2.46. The van der Waals surface area contributed by atoms with Crippen LogP contribution in [0.15, 0.2) is 36.4 Å². The standard InChI is InChI=1S/C18H14O4/c1-9-11-5-3-4-6-12(11)10(2)14-8-16(18(21)22)15(17(19)20)7-13(9)14/h3-8H,1-2H3,(H,19,20)(H,21,22). The van der Waals surface area contributed by atoms with Gasteiger partial charge < -0.3 is 10.2 Å². The Bertz CT molecular complexity index is 876. The molecule has 0 unspecified atom stereocenters. The highest BCUT2D eigenvalue weighted by Gasteiger charge is 2.19. The van der Waals surface area contributed by atoms with Crippen LogP contribution in [0, 0.1) is 13.8 Å². The summed E-state index contributed by atoms with van der Waals surface area (Å²) >= 11 is 0. The quantitative estimate of drug-likeness (QED) is 0.700. The Balaban J connectivity index is 2.56. The van der Waals surface area contributed by atoms with Crippen LogP contribution in [0.2, 0.25) is 0 Å². The summed E-state index contributed by atoms with van der Waals surface area (Å²) in [5, 5.41) is 22.2. The average molecular weight is 294 g/mol. The number of benzene rings is 3. The fourth-order valence-corrected chi connectivity index (χ4v) is 3.00. The van der Waals surface area contributed by atoms with Crippen molar-refractivity contribution >= 4 is 33.5 Å². The molecule has 0 aliphatic heterocycles. The molecule has 3 rings (SSSR count). The molecule has 0 amide bonds. The predicted octanol–water partition coefficient (Wildman–Crippen LogP) is 4.01. The van der Waals surface area contributed by atoms with E-state index in [0.29, 0.717) is 0 Å². The largest absolute Gasteiger partial charge is 0.478 e. The van der Waals surface area contributed by atoms with E-state index < -0.39 is 11.9 Å². The number of carbonyl (C=O) groups is 2. The van der Waals surface area contributed by atoms with Gasteiger partial charge in [-0.25, -0.2) is 9.59 Å². The summed E-state index contributed by atoms with van der Waals surface area (Å²) in [5.41, 5.74) is 1.54. The number of fused-ring (bicyclic) bond motifs is 2. The van der Waals surface area contributed by atoms with Crippen molar-refractivity contribution in [2.24, 2.45) is 0 Å². The van der Waals surface area contributed by atoms with Gasteiger partial charge in [0.1, 0.15) is 0 Å². The van der Waals surface area contributed by atoms with Crippen LogP contribution in [0.3, 0.4) is 0 Å². The molecule has 0 aliphatic carbocycles. The lowest BCUT2D eigenvalue weighted by atomic mass is 9.90. The molecule has 0 saturated carbocycles. The smallest absolute Gasteiger partial charge is 0.336 e. The molecule has 0 saturated heterocycles. The Hall–Kier alpha value is -2.88. The average Bonchev–Trinajstić information content (AvgIpc) is 2.51. The molecule has 0 aliphatic rings. The van der Waals surface area contributed by atoms with Crippen molar-refractivity contribution < 1.29 is 19.8 Å². The highest BCUT2D eigenvalue weighted by atomic mass is 16.4. The molecule has 4 heteroatoms. The fourth-order valence-electron chi connectivity index (χ4n) is 3.00. The van der Waals surface area contributed by atoms with Gasteiger partial charge in [0, 0.05) is 0 Å². The van der Waals surface area contributed by atoms with Gasteiger partial charge in [-0.2, -0.15) is 0 Å². The van der Waals surface area contributed by atoms with Gasteiger partial charge in [0.25, 0.3) is 0 Å². The third-order valence-corrected chi connectivity index (χ3v) is 4.16. The van der Waals surface area contributed by atoms with Crippen molar-refractivity contribution in [3.63, 3.8) is 0 Å². The normalized spacial score (nSPS) is 11.0. The molecule has 0 spiro atoms. The monoisotopic (exact) mass is 294 g/mol. The first-order valence-corrected chi connectivity index (χ1v) is 6.84. The summed E-state index contributed by atoms with van der Waals surface area (Å²) in [6.07, 6.45) is 0. The molecule has 0 radical (unpaired) electrons. The molecule has 3 aromatic rings. The van der Waals surface area contributed by atoms with Crippen LogP contribution in [-0.4, -0.2) is 22.2 Å². The van der Waals surface area contributed by atoms with E-state index >= 15 is 0 Å². The van der Waals surface area contributed by atoms with Crippen LogP contribution in [0.5, 0.6) is 0 Å². The van der Waals surface area contributed by atoms with Crippen molar-refractivity contribution in [3.05, 3.63) is 58.7 Å². The molecule has 4 nitrogen and oxygen atoms in total. The van der Waals surface area contributed by atoms with Crippen molar-refractivity contribution in [2.45, 2.75) is 13.8 Å². The predicted molar refractivity (Wildman–Crippen MR) is 84.8 cm³/mol. The topological polar surface area (TPSA) is 74.6 Å². The Labute approximate surface area is 126 Å². The van der Waals surface area contributed by atoms with Gasteiger partial charge in [-0.1, -0.05) is 24.3 Å². The first-order valence-electron chi connectivity index (χ1n) is 6.84. The second-order valence-corrected chi connectivity index (χ2v) is 5.35. The number of aryl methyl sites for hydroxylation is 2. The highest BCUT2D eigenvalue weighted by molar-refractivity contribution is 6.11. The van der Waals surface area contributed by atoms with Crippen molar-refractivity contribution in [1.82, 2.24) is 0 Å². The Morgan fingerprint density at radius 2 is 1.09 bits per heavy atom. The Kier molecular flexibility index (Phi) is 3.10. The van der Waals surface area contributed by atoms with E-state index in [1.165, 1.54) is 12.1 Å². The van der Waals surface area contributed by atoms with E-state index in [9.17, 15) is 19.8 Å². The molecule has 2 N–H and O–H groups in total. The minimum Gasteiger partial charge on any atom is -0.478 e. The third kappa shape index (κ3) is 1.92. The van der Waals surface area contributed by atoms with E-state index in [-0.39, 0.29) is 11.1 Å². The number of carboxylic acid groups (broad SMARTS) is 2. The van der Waals surface area contributed by atoms with Gasteiger partial charge >= 0.3 is 11.9 Å². The summed E-state index contributed by atoms with van der Waals surface area (Å²) < 4.78 is 0. The van der Waals surface area contributed by atoms with Gasteiger partial charge in [0.2, 0.25) is 0 Å². The van der Waals surface area contributed by atoms with Gasteiger partial charge in [-0.05, 0) is 58.7 Å². The van der Waals surface area contributed by atoms with E-state index in [2.05, 4.69) is 0 Å². The summed E-state index contributed by atoms with van der Waals surface area (Å²) in [7, 11) is 0. The van der Waals surface area contributed by atoms with Crippen LogP contribution in [0.1, 0.15) is 31.8 Å². The van der Waals surface area contributed by atoms with Crippen molar-refractivity contribution in [3.8, 4) is 0 Å². The first kappa shape index (κ1) is 14.1. The lowest BCUT2D eigenvalue weighted by Crippen LogP contribution is -2.08. The van der Waals surface area contributed by atoms with Crippen molar-refractivity contribution in [2.75, 3.05) is 0 Å². The maximum Gasteiger partial charge on any atom is 0.336 e. The van der Waals surface area contributed by atoms with Crippen LogP contribution in [0.4, 0.5) is 0 Å². The minimum atomic E-state index is -1.23. The van der Waals surface area contributed by atoms with Crippen LogP contribution < -0.4 is 0 Å². The Morgan fingerprint density at radius 1 is 0.727 bits per heavy atom. The molecule has 0 aromatic heterocycles. The summed E-state index contributed by atoms with van der Waals surface area (Å²) in [4.78, 5) is 22.7. The van der Waals surface area contributed by atoms with Crippen LogP contribution in [-0.2, 0) is 0 Å². The maximum atomic E-state index is 11.4. The van der Waals surface area contributed by atoms with Crippen LogP contribution in [0.25, 0.3) is 21.5 Å². The number of hydrogen-bond acceptors (Lipinski definition) is 2. The van der Waals surface area contributed by atoms with E-state index in [1.54, 1.807) is 0 Å². The second-order valence-electron chi connectivity index (χ2n) is 5.35. The third-order valence-electron chi connectivity index (χ3n) is 4.16. The number of hydrogen-bond donors (Lipinski definition) is 2. The SMILES string of the molecule is Cc1c2ccccc2c(C)c2cc(C(=O)O)c(C(=O)O)cc12. The van der Waals surface area contributed by atoms with Gasteiger partial charge in [-0.3, -0.25) is 0 Å². The molecule has 0 heterocycles. The van der Waals surface area contributed by atoms with E-state index in [1.807, 2.05) is 38.1 Å². The zero-order valence-electron chi connectivity index (χ0n) is 12.2. The molecule has 0 fully saturated rings. The van der Waals surface area contributed by atoms with Gasteiger partial charge in [0.05, 0.1) is 11.1 Å². The number of aromatic carboxylic acids is 2. The van der Waals surface area contributed by atoms with E-state index in [0.717, 1.165) is 32.7 Å². The molecule has 110 valence electrons. The molecule has 0 bridgehead atoms. The summed E-state index contributed by atoms with van der Waals surface area (Å²) in [6.45, 7) is 3.85. The second kappa shape index (κ2) is 4.84. The maximum absolute atomic E-state index is 11.4. The zero-order chi connectivity index (χ0) is 16.0. The highest BCUT2D eigenvalue weighted by Crippen LogP contribution is 2.33. The van der Waals surface area contributed by atoms with E-state index in [4.69, 9.17) is 0 Å². The number of carboxylic acids is 2. The molecule has 0 atom stereocenters. The minimum absolute atomic E-state index is 0.183. The summed E-state index contributed by atoms with van der Waals surface area (Å²) in [6, 6.07) is 10.8. The molecular formula is C18H14O4. The number of rotatable bonds is 2. The lowest BCUT2D eigenvalue weighted by Gasteiger charge is -2.14. The fraction of sp³-hybridized carbons (Fsp3) is 0.111. The molecule has 22 heavy (non-hydrogen) atoms. The van der Waals surface area contributed by atoms with Gasteiger partial charge in [-0.15, -0.1) is 0 Å². The van der Waals surface area contributed by atoms with Gasteiger partial charge in [0.15, 0.2) is 0 Å². The van der Waals surface area contributed by atoms with Crippen LogP contribution >= 0.6 is 0 Å². The first-order chi connectivity index (χ1) is 10.4.